The number of carbonyl (C=O) groups excluding carboxylic acids is 1. The number of hydrogen-bond donors (Lipinski definition) is 3. The minimum atomic E-state index is -0.274. The van der Waals surface area contributed by atoms with Gasteiger partial charge in [-0.2, -0.15) is 0 Å². The van der Waals surface area contributed by atoms with Crippen LogP contribution in [-0.2, 0) is 11.3 Å². The van der Waals surface area contributed by atoms with Crippen molar-refractivity contribution >= 4 is 5.78 Å². The molecule has 0 atom stereocenters. The summed E-state index contributed by atoms with van der Waals surface area (Å²) >= 11 is 0. The van der Waals surface area contributed by atoms with E-state index in [1.165, 1.54) is 12.1 Å². The Morgan fingerprint density at radius 2 is 1.89 bits per heavy atom. The molecule has 0 aliphatic heterocycles. The SMILES string of the molecule is C=C1CCC(=O)C(NN)=C1NCc1ccc(F)cc1. The lowest BCUT2D eigenvalue weighted by molar-refractivity contribution is -0.116. The van der Waals surface area contributed by atoms with E-state index in [0.29, 0.717) is 30.8 Å². The van der Waals surface area contributed by atoms with Gasteiger partial charge in [-0.05, 0) is 29.7 Å². The van der Waals surface area contributed by atoms with Crippen molar-refractivity contribution in [3.8, 4) is 0 Å². The normalized spacial score (nSPS) is 15.7. The van der Waals surface area contributed by atoms with Crippen LogP contribution in [0.3, 0.4) is 0 Å². The van der Waals surface area contributed by atoms with Gasteiger partial charge in [0.25, 0.3) is 0 Å². The number of allylic oxidation sites excluding steroid dienone is 2. The molecule has 0 bridgehead atoms. The Labute approximate surface area is 111 Å². The summed E-state index contributed by atoms with van der Waals surface area (Å²) in [5.41, 5.74) is 5.18. The van der Waals surface area contributed by atoms with E-state index in [1.54, 1.807) is 12.1 Å². The third-order valence-electron chi connectivity index (χ3n) is 3.06. The maximum absolute atomic E-state index is 12.8. The van der Waals surface area contributed by atoms with E-state index in [0.717, 1.165) is 11.1 Å². The number of nitrogens with one attached hydrogen (secondary N) is 2. The molecule has 0 spiro atoms. The van der Waals surface area contributed by atoms with Crippen LogP contribution in [0.5, 0.6) is 0 Å². The van der Waals surface area contributed by atoms with Gasteiger partial charge in [-0.3, -0.25) is 10.6 Å². The van der Waals surface area contributed by atoms with Crippen molar-refractivity contribution in [2.24, 2.45) is 5.84 Å². The van der Waals surface area contributed by atoms with Crippen LogP contribution in [0.2, 0.25) is 0 Å². The molecular weight excluding hydrogens is 245 g/mol. The molecule has 19 heavy (non-hydrogen) atoms. The molecule has 2 rings (SSSR count). The smallest absolute Gasteiger partial charge is 0.182 e. The van der Waals surface area contributed by atoms with Crippen LogP contribution in [0.25, 0.3) is 0 Å². The topological polar surface area (TPSA) is 67.2 Å². The monoisotopic (exact) mass is 261 g/mol. The summed E-state index contributed by atoms with van der Waals surface area (Å²) in [6.07, 6.45) is 1.04. The minimum Gasteiger partial charge on any atom is -0.379 e. The van der Waals surface area contributed by atoms with Crippen LogP contribution in [0.4, 0.5) is 4.39 Å². The Kier molecular flexibility index (Phi) is 3.97. The highest BCUT2D eigenvalue weighted by Gasteiger charge is 2.22. The molecular formula is C14H16FN3O. The first-order valence-corrected chi connectivity index (χ1v) is 6.02. The van der Waals surface area contributed by atoms with E-state index in [1.807, 2.05) is 0 Å². The van der Waals surface area contributed by atoms with Crippen LogP contribution < -0.4 is 16.6 Å². The molecule has 0 unspecified atom stereocenters. The number of halogens is 1. The number of carbonyl (C=O) groups is 1. The molecule has 4 N–H and O–H groups in total. The van der Waals surface area contributed by atoms with Gasteiger partial charge in [-0.1, -0.05) is 18.7 Å². The fourth-order valence-corrected chi connectivity index (χ4v) is 1.99. The minimum absolute atomic E-state index is 0.0310. The van der Waals surface area contributed by atoms with Gasteiger partial charge in [0.1, 0.15) is 11.5 Å². The first-order valence-electron chi connectivity index (χ1n) is 6.02. The van der Waals surface area contributed by atoms with Crippen LogP contribution in [0, 0.1) is 5.82 Å². The number of benzene rings is 1. The summed E-state index contributed by atoms with van der Waals surface area (Å²) in [4.78, 5) is 11.7. The molecule has 4 nitrogen and oxygen atoms in total. The maximum Gasteiger partial charge on any atom is 0.182 e. The zero-order valence-corrected chi connectivity index (χ0v) is 10.5. The molecule has 0 saturated carbocycles. The Hall–Kier alpha value is -2.14. The highest BCUT2D eigenvalue weighted by molar-refractivity contribution is 5.97. The summed E-state index contributed by atoms with van der Waals surface area (Å²) in [6.45, 7) is 4.41. The molecule has 1 aliphatic carbocycles. The molecule has 0 radical (unpaired) electrons. The number of Topliss-reactive ketones (excluding diaryl/α,β-unsaturated/α-hetero) is 1. The van der Waals surface area contributed by atoms with E-state index in [9.17, 15) is 9.18 Å². The first-order chi connectivity index (χ1) is 9.11. The van der Waals surface area contributed by atoms with Crippen molar-refractivity contribution in [1.82, 2.24) is 10.7 Å². The second-order valence-electron chi connectivity index (χ2n) is 4.40. The van der Waals surface area contributed by atoms with E-state index < -0.39 is 0 Å². The summed E-state index contributed by atoms with van der Waals surface area (Å²) in [6, 6.07) is 6.17. The van der Waals surface area contributed by atoms with Crippen LogP contribution in [0.1, 0.15) is 18.4 Å². The summed E-state index contributed by atoms with van der Waals surface area (Å²) in [7, 11) is 0. The molecule has 0 fully saturated rings. The largest absolute Gasteiger partial charge is 0.379 e. The van der Waals surface area contributed by atoms with Crippen molar-refractivity contribution in [3.63, 3.8) is 0 Å². The summed E-state index contributed by atoms with van der Waals surface area (Å²) in [5.74, 6) is 5.07. The molecule has 0 aromatic heterocycles. The Morgan fingerprint density at radius 1 is 1.21 bits per heavy atom. The van der Waals surface area contributed by atoms with Gasteiger partial charge < -0.3 is 10.7 Å². The number of hydrogen-bond acceptors (Lipinski definition) is 4. The average Bonchev–Trinajstić information content (AvgIpc) is 2.41. The summed E-state index contributed by atoms with van der Waals surface area (Å²) < 4.78 is 12.8. The van der Waals surface area contributed by atoms with E-state index in [-0.39, 0.29) is 11.6 Å². The van der Waals surface area contributed by atoms with Crippen molar-refractivity contribution in [3.05, 3.63) is 59.2 Å². The van der Waals surface area contributed by atoms with Gasteiger partial charge in [0.15, 0.2) is 5.78 Å². The second-order valence-corrected chi connectivity index (χ2v) is 4.40. The van der Waals surface area contributed by atoms with Gasteiger partial charge in [-0.25, -0.2) is 4.39 Å². The lowest BCUT2D eigenvalue weighted by Gasteiger charge is -2.22. The molecule has 0 saturated heterocycles. The third kappa shape index (κ3) is 3.00. The molecule has 100 valence electrons. The highest BCUT2D eigenvalue weighted by Crippen LogP contribution is 2.22. The van der Waals surface area contributed by atoms with Gasteiger partial charge in [0.05, 0.1) is 5.70 Å². The Balaban J connectivity index is 2.14. The van der Waals surface area contributed by atoms with E-state index in [2.05, 4.69) is 17.3 Å². The molecule has 1 aliphatic rings. The van der Waals surface area contributed by atoms with Gasteiger partial charge in [0, 0.05) is 13.0 Å². The fourth-order valence-electron chi connectivity index (χ4n) is 1.99. The second kappa shape index (κ2) is 5.67. The maximum atomic E-state index is 12.8. The zero-order valence-electron chi connectivity index (χ0n) is 10.5. The number of hydrazine groups is 1. The zero-order chi connectivity index (χ0) is 13.8. The first kappa shape index (κ1) is 13.3. The lowest BCUT2D eigenvalue weighted by atomic mass is 9.96. The Morgan fingerprint density at radius 3 is 2.53 bits per heavy atom. The van der Waals surface area contributed by atoms with Crippen molar-refractivity contribution in [2.45, 2.75) is 19.4 Å². The lowest BCUT2D eigenvalue weighted by Crippen LogP contribution is -2.34. The quantitative estimate of drug-likeness (QED) is 0.568. The van der Waals surface area contributed by atoms with Gasteiger partial charge in [0.2, 0.25) is 0 Å². The van der Waals surface area contributed by atoms with Crippen molar-refractivity contribution < 1.29 is 9.18 Å². The molecule has 1 aromatic carbocycles. The summed E-state index contributed by atoms with van der Waals surface area (Å²) in [5, 5.41) is 3.13. The molecule has 0 amide bonds. The number of ketones is 1. The standard InChI is InChI=1S/C14H16FN3O/c1-9-2-7-12(19)14(18-16)13(9)17-8-10-3-5-11(15)6-4-10/h3-6,17-18H,1-2,7-8,16H2. The van der Waals surface area contributed by atoms with Crippen LogP contribution in [0.15, 0.2) is 47.8 Å². The van der Waals surface area contributed by atoms with Crippen LogP contribution >= 0.6 is 0 Å². The molecule has 5 heteroatoms. The van der Waals surface area contributed by atoms with Crippen molar-refractivity contribution in [2.75, 3.05) is 0 Å². The number of rotatable bonds is 4. The van der Waals surface area contributed by atoms with E-state index in [4.69, 9.17) is 5.84 Å². The highest BCUT2D eigenvalue weighted by atomic mass is 19.1. The van der Waals surface area contributed by atoms with Crippen molar-refractivity contribution in [1.29, 1.82) is 0 Å². The Bertz CT molecular complexity index is 534. The molecule has 1 aromatic rings. The average molecular weight is 261 g/mol. The van der Waals surface area contributed by atoms with Crippen LogP contribution in [-0.4, -0.2) is 5.78 Å². The third-order valence-corrected chi connectivity index (χ3v) is 3.06. The predicted octanol–water partition coefficient (Wildman–Crippen LogP) is 1.51. The fraction of sp³-hybridized carbons (Fsp3) is 0.214. The van der Waals surface area contributed by atoms with Gasteiger partial charge >= 0.3 is 0 Å². The molecule has 0 heterocycles. The predicted molar refractivity (Wildman–Crippen MR) is 71.0 cm³/mol. The number of nitrogens with two attached hydrogens (primary N) is 1. The van der Waals surface area contributed by atoms with E-state index >= 15 is 0 Å². The van der Waals surface area contributed by atoms with Gasteiger partial charge in [-0.15, -0.1) is 0 Å².